The van der Waals surface area contributed by atoms with Crippen molar-refractivity contribution in [2.45, 2.75) is 37.5 Å². The molecule has 3 aliphatic rings. The Balaban J connectivity index is 1.13. The number of carbonyl (C=O) groups excluding carboxylic acids is 3. The predicted octanol–water partition coefficient (Wildman–Crippen LogP) is 0.883. The van der Waals surface area contributed by atoms with Gasteiger partial charge in [0, 0.05) is 25.7 Å². The van der Waals surface area contributed by atoms with Gasteiger partial charge in [-0.25, -0.2) is 4.79 Å². The number of imide groups is 1. The van der Waals surface area contributed by atoms with Crippen LogP contribution in [-0.2, 0) is 20.7 Å². The van der Waals surface area contributed by atoms with Gasteiger partial charge in [-0.15, -0.1) is 0 Å². The SMILES string of the molecule is CN(C)C(CNC(=O)NCCCCN1C(=O)C2C3C=CC(O3)C2C1=O)Cc1ccc(O)cc1. The van der Waals surface area contributed by atoms with Gasteiger partial charge in [-0.1, -0.05) is 24.3 Å². The molecule has 4 rings (SSSR count). The van der Waals surface area contributed by atoms with Crippen molar-refractivity contribution >= 4 is 17.8 Å². The molecule has 9 nitrogen and oxygen atoms in total. The highest BCUT2D eigenvalue weighted by atomic mass is 16.5. The van der Waals surface area contributed by atoms with Crippen LogP contribution in [0.3, 0.4) is 0 Å². The van der Waals surface area contributed by atoms with Crippen LogP contribution in [0.25, 0.3) is 0 Å². The van der Waals surface area contributed by atoms with E-state index in [1.54, 1.807) is 12.1 Å². The fraction of sp³-hybridized carbons (Fsp3) is 0.542. The lowest BCUT2D eigenvalue weighted by molar-refractivity contribution is -0.142. The van der Waals surface area contributed by atoms with Gasteiger partial charge >= 0.3 is 6.03 Å². The molecule has 1 aromatic carbocycles. The van der Waals surface area contributed by atoms with Crippen LogP contribution in [0.2, 0.25) is 0 Å². The summed E-state index contributed by atoms with van der Waals surface area (Å²) >= 11 is 0. The quantitative estimate of drug-likeness (QED) is 0.274. The number of phenols is 1. The molecular weight excluding hydrogens is 424 g/mol. The third-order valence-corrected chi connectivity index (χ3v) is 6.73. The van der Waals surface area contributed by atoms with Crippen molar-refractivity contribution in [1.29, 1.82) is 0 Å². The zero-order valence-electron chi connectivity index (χ0n) is 19.1. The van der Waals surface area contributed by atoms with Crippen LogP contribution < -0.4 is 10.6 Å². The number of urea groups is 1. The molecular formula is C24H32N4O5. The highest BCUT2D eigenvalue weighted by molar-refractivity contribution is 6.06. The number of benzene rings is 1. The molecule has 3 aliphatic heterocycles. The van der Waals surface area contributed by atoms with Gasteiger partial charge in [-0.3, -0.25) is 14.5 Å². The van der Waals surface area contributed by atoms with E-state index in [4.69, 9.17) is 4.74 Å². The summed E-state index contributed by atoms with van der Waals surface area (Å²) in [5, 5.41) is 15.2. The molecule has 0 spiro atoms. The van der Waals surface area contributed by atoms with Crippen LogP contribution in [0.5, 0.6) is 5.75 Å². The van der Waals surface area contributed by atoms with Gasteiger partial charge in [0.15, 0.2) is 0 Å². The summed E-state index contributed by atoms with van der Waals surface area (Å²) in [5.74, 6) is -0.742. The third kappa shape index (κ3) is 5.04. The number of nitrogens with one attached hydrogen (secondary N) is 2. The molecule has 2 bridgehead atoms. The molecule has 0 aromatic heterocycles. The molecule has 1 aromatic rings. The van der Waals surface area contributed by atoms with Crippen molar-refractivity contribution in [3.63, 3.8) is 0 Å². The molecule has 3 N–H and O–H groups in total. The Bertz CT molecular complexity index is 886. The van der Waals surface area contributed by atoms with Gasteiger partial charge in [0.2, 0.25) is 11.8 Å². The molecule has 33 heavy (non-hydrogen) atoms. The molecule has 2 saturated heterocycles. The lowest BCUT2D eigenvalue weighted by atomic mass is 9.85. The number of nitrogens with zero attached hydrogens (tertiary/aromatic N) is 2. The van der Waals surface area contributed by atoms with Crippen LogP contribution in [-0.4, -0.2) is 84.7 Å². The molecule has 4 amide bonds. The summed E-state index contributed by atoms with van der Waals surface area (Å²) < 4.78 is 5.64. The van der Waals surface area contributed by atoms with Crippen LogP contribution in [0.15, 0.2) is 36.4 Å². The number of likely N-dealkylation sites (N-methyl/N-ethyl adjacent to an activating group) is 1. The maximum absolute atomic E-state index is 12.6. The Hall–Kier alpha value is -2.91. The van der Waals surface area contributed by atoms with Crippen molar-refractivity contribution in [3.05, 3.63) is 42.0 Å². The summed E-state index contributed by atoms with van der Waals surface area (Å²) in [6.45, 7) is 1.33. The topological polar surface area (TPSA) is 111 Å². The Morgan fingerprint density at radius 3 is 2.30 bits per heavy atom. The number of phenolic OH excluding ortho intramolecular Hbond substituents is 1. The van der Waals surface area contributed by atoms with Crippen LogP contribution in [0.1, 0.15) is 18.4 Å². The Morgan fingerprint density at radius 1 is 1.06 bits per heavy atom. The van der Waals surface area contributed by atoms with E-state index < -0.39 is 0 Å². The van der Waals surface area contributed by atoms with E-state index in [1.807, 2.05) is 38.4 Å². The zero-order valence-corrected chi connectivity index (χ0v) is 19.1. The van der Waals surface area contributed by atoms with E-state index in [0.717, 1.165) is 12.0 Å². The monoisotopic (exact) mass is 456 g/mol. The number of amides is 4. The van der Waals surface area contributed by atoms with Crippen molar-refractivity contribution in [2.75, 3.05) is 33.7 Å². The normalized spacial score (nSPS) is 26.2. The van der Waals surface area contributed by atoms with Crippen molar-refractivity contribution < 1.29 is 24.2 Å². The Morgan fingerprint density at radius 2 is 1.70 bits per heavy atom. The number of ether oxygens (including phenoxy) is 1. The van der Waals surface area contributed by atoms with E-state index in [-0.39, 0.29) is 53.7 Å². The van der Waals surface area contributed by atoms with Gasteiger partial charge < -0.3 is 25.4 Å². The summed E-state index contributed by atoms with van der Waals surface area (Å²) in [5.41, 5.74) is 1.08. The highest BCUT2D eigenvalue weighted by Crippen LogP contribution is 2.45. The van der Waals surface area contributed by atoms with Crippen LogP contribution in [0, 0.1) is 11.8 Å². The minimum Gasteiger partial charge on any atom is -0.508 e. The summed E-state index contributed by atoms with van der Waals surface area (Å²) in [6, 6.07) is 6.95. The second kappa shape index (κ2) is 9.93. The van der Waals surface area contributed by atoms with Gasteiger partial charge in [-0.05, 0) is 51.1 Å². The van der Waals surface area contributed by atoms with Gasteiger partial charge in [0.05, 0.1) is 24.0 Å². The first-order chi connectivity index (χ1) is 15.8. The standard InChI is InChI=1S/C24H32N4O5/c1-27(2)16(13-15-5-7-17(29)8-6-15)14-26-24(32)25-11-3-4-12-28-22(30)20-18-9-10-19(33-18)21(20)23(28)31/h5-10,16,18-21,29H,3-4,11-14H2,1-2H3,(H2,25,26,32). The second-order valence-electron chi connectivity index (χ2n) is 9.16. The zero-order chi connectivity index (χ0) is 23.5. The maximum Gasteiger partial charge on any atom is 0.314 e. The van der Waals surface area contributed by atoms with Gasteiger partial charge in [-0.2, -0.15) is 0 Å². The number of hydrogen-bond donors (Lipinski definition) is 3. The van der Waals surface area contributed by atoms with Crippen molar-refractivity contribution in [3.8, 4) is 5.75 Å². The van der Waals surface area contributed by atoms with E-state index in [0.29, 0.717) is 32.5 Å². The highest BCUT2D eigenvalue weighted by Gasteiger charge is 2.60. The molecule has 5 unspecified atom stereocenters. The van der Waals surface area contributed by atoms with E-state index in [2.05, 4.69) is 15.5 Å². The number of fused-ring (bicyclic) bond motifs is 5. The molecule has 5 atom stereocenters. The Kier molecular flexibility index (Phi) is 6.99. The summed E-state index contributed by atoms with van der Waals surface area (Å²) in [6.07, 6.45) is 5.31. The minimum atomic E-state index is -0.359. The molecule has 0 aliphatic carbocycles. The number of carbonyl (C=O) groups is 3. The minimum absolute atomic E-state index is 0.112. The smallest absolute Gasteiger partial charge is 0.314 e. The average Bonchev–Trinajstić information content (AvgIpc) is 3.47. The van der Waals surface area contributed by atoms with Crippen LogP contribution in [0.4, 0.5) is 4.79 Å². The second-order valence-corrected chi connectivity index (χ2v) is 9.16. The average molecular weight is 457 g/mol. The largest absolute Gasteiger partial charge is 0.508 e. The third-order valence-electron chi connectivity index (χ3n) is 6.73. The lowest BCUT2D eigenvalue weighted by Gasteiger charge is -2.25. The number of likely N-dealkylation sites (tertiary alicyclic amines) is 1. The molecule has 0 radical (unpaired) electrons. The summed E-state index contributed by atoms with van der Waals surface area (Å²) in [4.78, 5) is 40.8. The van der Waals surface area contributed by atoms with Crippen molar-refractivity contribution in [1.82, 2.24) is 20.4 Å². The molecule has 0 saturated carbocycles. The fourth-order valence-electron chi connectivity index (χ4n) is 4.80. The van der Waals surface area contributed by atoms with Crippen LogP contribution >= 0.6 is 0 Å². The molecule has 2 fully saturated rings. The maximum atomic E-state index is 12.6. The van der Waals surface area contributed by atoms with Gasteiger partial charge in [0.1, 0.15) is 5.75 Å². The fourth-order valence-corrected chi connectivity index (χ4v) is 4.80. The van der Waals surface area contributed by atoms with E-state index >= 15 is 0 Å². The van der Waals surface area contributed by atoms with E-state index in [9.17, 15) is 19.5 Å². The first kappa shape index (κ1) is 23.3. The molecule has 178 valence electrons. The molecule has 9 heteroatoms. The van der Waals surface area contributed by atoms with Crippen molar-refractivity contribution in [2.24, 2.45) is 11.8 Å². The molecule has 3 heterocycles. The Labute approximate surface area is 193 Å². The number of aromatic hydroxyl groups is 1. The number of unbranched alkanes of at least 4 members (excludes halogenated alkanes) is 1. The van der Waals surface area contributed by atoms with Gasteiger partial charge in [0.25, 0.3) is 0 Å². The summed E-state index contributed by atoms with van der Waals surface area (Å²) in [7, 11) is 3.93. The predicted molar refractivity (Wildman–Crippen MR) is 121 cm³/mol. The number of hydrogen-bond acceptors (Lipinski definition) is 6. The first-order valence-electron chi connectivity index (χ1n) is 11.5. The number of rotatable bonds is 10. The lowest BCUT2D eigenvalue weighted by Crippen LogP contribution is -2.45. The van der Waals surface area contributed by atoms with E-state index in [1.165, 1.54) is 4.90 Å². The first-order valence-corrected chi connectivity index (χ1v) is 11.5.